The van der Waals surface area contributed by atoms with Crippen LogP contribution in [0.5, 0.6) is 0 Å². The van der Waals surface area contributed by atoms with Crippen molar-refractivity contribution in [2.45, 2.75) is 0 Å². The van der Waals surface area contributed by atoms with E-state index in [0.717, 1.165) is 106 Å². The lowest BCUT2D eigenvalue weighted by molar-refractivity contribution is 1.28. The Morgan fingerprint density at radius 3 is 1.04 bits per heavy atom. The molecule has 0 aliphatic rings. The highest BCUT2D eigenvalue weighted by molar-refractivity contribution is 6.27. The van der Waals surface area contributed by atoms with Crippen molar-refractivity contribution in [1.82, 2.24) is 29.9 Å². The van der Waals surface area contributed by atoms with Gasteiger partial charge in [0.15, 0.2) is 0 Å². The normalized spacial score (nSPS) is 11.7. The van der Waals surface area contributed by atoms with Gasteiger partial charge >= 0.3 is 0 Å². The monoisotopic (exact) mass is 1170 g/mol. The molecule has 0 atom stereocenters. The van der Waals surface area contributed by atoms with Crippen molar-refractivity contribution >= 4 is 108 Å². The van der Waals surface area contributed by atoms with E-state index in [1.807, 2.05) is 48.5 Å². The zero-order valence-electron chi connectivity index (χ0n) is 49.7. The van der Waals surface area contributed by atoms with E-state index in [-0.39, 0.29) is 0 Å². The summed E-state index contributed by atoms with van der Waals surface area (Å²) < 4.78 is 0. The fraction of sp³-hybridized carbons (Fsp3) is 0. The molecule has 0 radical (unpaired) electrons. The van der Waals surface area contributed by atoms with Crippen molar-refractivity contribution < 1.29 is 0 Å². The van der Waals surface area contributed by atoms with Crippen LogP contribution in [-0.2, 0) is 0 Å². The largest absolute Gasteiger partial charge is 0.255 e. The van der Waals surface area contributed by atoms with Gasteiger partial charge in [0.2, 0.25) is 0 Å². The molecule has 0 aliphatic carbocycles. The van der Waals surface area contributed by atoms with Crippen LogP contribution < -0.4 is 0 Å². The average molecular weight is 1170 g/mol. The number of pyridine rings is 6. The maximum absolute atomic E-state index is 5.14. The summed E-state index contributed by atoms with van der Waals surface area (Å²) in [5.41, 5.74) is 18.7. The first kappa shape index (κ1) is 52.7. The summed E-state index contributed by atoms with van der Waals surface area (Å²) in [6, 6.07) is 108. The van der Waals surface area contributed by atoms with Crippen LogP contribution >= 0.6 is 0 Å². The van der Waals surface area contributed by atoms with E-state index in [4.69, 9.17) is 19.9 Å². The number of fused-ring (bicyclic) bond motifs is 10. The van der Waals surface area contributed by atoms with Gasteiger partial charge in [-0.05, 0) is 201 Å². The molecule has 0 N–H and O–H groups in total. The first-order chi connectivity index (χ1) is 45.5. The van der Waals surface area contributed by atoms with Crippen LogP contribution in [0.15, 0.2) is 316 Å². The van der Waals surface area contributed by atoms with Gasteiger partial charge in [0.25, 0.3) is 0 Å². The second kappa shape index (κ2) is 21.7. The van der Waals surface area contributed by atoms with Crippen LogP contribution in [0.3, 0.4) is 0 Å². The van der Waals surface area contributed by atoms with E-state index in [2.05, 4.69) is 265 Å². The molecule has 19 rings (SSSR count). The predicted octanol–water partition coefficient (Wildman–Crippen LogP) is 22.4. The summed E-state index contributed by atoms with van der Waals surface area (Å²) in [6.07, 6.45) is 3.60. The first-order valence-electron chi connectivity index (χ1n) is 31.1. The molecular weight excluding hydrogens is 1120 g/mol. The van der Waals surface area contributed by atoms with E-state index in [1.165, 1.54) is 81.3 Å². The van der Waals surface area contributed by atoms with Gasteiger partial charge in [-0.3, -0.25) is 9.97 Å². The predicted molar refractivity (Wildman–Crippen MR) is 384 cm³/mol. The molecule has 0 unspecified atom stereocenters. The highest BCUT2D eigenvalue weighted by Gasteiger charge is 2.16. The average Bonchev–Trinajstić information content (AvgIpc) is 0.758. The molecule has 6 heteroatoms. The highest BCUT2D eigenvalue weighted by Crippen LogP contribution is 2.41. The number of aromatic nitrogens is 6. The third-order valence-corrected chi connectivity index (χ3v) is 18.3. The summed E-state index contributed by atoms with van der Waals surface area (Å²) in [7, 11) is 0. The summed E-state index contributed by atoms with van der Waals surface area (Å²) in [5, 5.41) is 19.9. The maximum Gasteiger partial charge on any atom is 0.0893 e. The van der Waals surface area contributed by atoms with E-state index < -0.39 is 0 Å². The Morgan fingerprint density at radius 1 is 0.174 bits per heavy atom. The van der Waals surface area contributed by atoms with Crippen LogP contribution in [-0.4, -0.2) is 29.9 Å². The third-order valence-electron chi connectivity index (χ3n) is 18.3. The van der Waals surface area contributed by atoms with Gasteiger partial charge in [-0.15, -0.1) is 0 Å². The van der Waals surface area contributed by atoms with Gasteiger partial charge < -0.3 is 0 Å². The quantitative estimate of drug-likeness (QED) is 0.148. The fourth-order valence-corrected chi connectivity index (χ4v) is 13.7. The Labute approximate surface area is 529 Å². The Balaban J connectivity index is 0.000000138. The maximum atomic E-state index is 5.14. The molecule has 0 saturated heterocycles. The Morgan fingerprint density at radius 2 is 0.533 bits per heavy atom. The van der Waals surface area contributed by atoms with Gasteiger partial charge in [-0.1, -0.05) is 200 Å². The van der Waals surface area contributed by atoms with E-state index in [9.17, 15) is 0 Å². The minimum Gasteiger partial charge on any atom is -0.255 e. The SMILES string of the molecule is c1ccc(-c2ccc3cc(-c4ccc5nc(-c6ccc(-c7ccc8c9ccccc9c9ccccc9c8c7)cc6)ccc5c4)ccc3n2)nc1.c1ccc(-c2ccc3cc(-c4ccc5nc(-c6ccc7ccc8cccc9ccc6c7c89)ccc5c4)ccc3n2)nc1. The van der Waals surface area contributed by atoms with Crippen molar-refractivity contribution in [3.8, 4) is 78.7 Å². The molecule has 0 spiro atoms. The molecule has 6 heterocycles. The van der Waals surface area contributed by atoms with Gasteiger partial charge in [0.05, 0.1) is 56.2 Å². The number of hydrogen-bond donors (Lipinski definition) is 0. The van der Waals surface area contributed by atoms with Gasteiger partial charge in [-0.2, -0.15) is 0 Å². The zero-order valence-corrected chi connectivity index (χ0v) is 49.7. The van der Waals surface area contributed by atoms with Crippen LogP contribution in [0.4, 0.5) is 0 Å². The van der Waals surface area contributed by atoms with Crippen LogP contribution in [0.25, 0.3) is 187 Å². The standard InChI is InChI=1S/C47H29N3.C39H23N3/c1-2-9-39-37(7-1)38-8-3-4-10-40(38)42-29-34(16-21-41(39)42)30-12-14-31(15-13-30)43-24-19-35-27-32(17-22-44(35)49-43)33-18-23-45-36(28-33)20-25-47(50-45)46-11-5-6-26-48-46;1-2-21-40-36(6-1)37-20-14-30-23-28(12-18-34(30)42-37)27-11-17-33-29(22-27)13-19-35(41-33)31-15-9-26-8-7-24-4-3-5-25-10-16-32(31)39(26)38(24)25/h1-29H;1-23H. The van der Waals surface area contributed by atoms with Crippen molar-refractivity contribution in [2.24, 2.45) is 0 Å². The molecule has 0 saturated carbocycles. The van der Waals surface area contributed by atoms with E-state index >= 15 is 0 Å². The number of rotatable bonds is 7. The van der Waals surface area contributed by atoms with Crippen LogP contribution in [0, 0.1) is 0 Å². The molecule has 0 bridgehead atoms. The topological polar surface area (TPSA) is 77.3 Å². The van der Waals surface area contributed by atoms with Crippen LogP contribution in [0.1, 0.15) is 0 Å². The molecule has 92 heavy (non-hydrogen) atoms. The molecule has 0 fully saturated rings. The number of hydrogen-bond acceptors (Lipinski definition) is 6. The second-order valence-electron chi connectivity index (χ2n) is 23.7. The molecule has 6 nitrogen and oxygen atoms in total. The lowest BCUT2D eigenvalue weighted by Gasteiger charge is -2.14. The number of nitrogens with zero attached hydrogens (tertiary/aromatic N) is 6. The highest BCUT2D eigenvalue weighted by atomic mass is 14.8. The summed E-state index contributed by atoms with van der Waals surface area (Å²) >= 11 is 0. The lowest BCUT2D eigenvalue weighted by atomic mass is 9.91. The fourth-order valence-electron chi connectivity index (χ4n) is 13.7. The molecule has 19 aromatic rings. The molecule has 0 amide bonds. The smallest absolute Gasteiger partial charge is 0.0893 e. The zero-order chi connectivity index (χ0) is 60.6. The van der Waals surface area contributed by atoms with E-state index in [1.54, 1.807) is 12.4 Å². The Bertz CT molecular complexity index is 6080. The lowest BCUT2D eigenvalue weighted by Crippen LogP contribution is -1.90. The molecule has 13 aromatic carbocycles. The molecule has 426 valence electrons. The summed E-state index contributed by atoms with van der Waals surface area (Å²) in [6.45, 7) is 0. The molecular formula is C86H52N6. The van der Waals surface area contributed by atoms with Gasteiger partial charge in [0.1, 0.15) is 0 Å². The minimum atomic E-state index is 0.878. The third kappa shape index (κ3) is 9.28. The molecule has 6 aromatic heterocycles. The Kier molecular flexibility index (Phi) is 12.5. The Hall–Kier alpha value is -12.4. The molecule has 0 aliphatic heterocycles. The van der Waals surface area contributed by atoms with Crippen LogP contribution in [0.2, 0.25) is 0 Å². The van der Waals surface area contributed by atoms with Crippen molar-refractivity contribution in [1.29, 1.82) is 0 Å². The first-order valence-corrected chi connectivity index (χ1v) is 31.1. The summed E-state index contributed by atoms with van der Waals surface area (Å²) in [5.74, 6) is 0. The van der Waals surface area contributed by atoms with Gasteiger partial charge in [-0.25, -0.2) is 19.9 Å². The van der Waals surface area contributed by atoms with E-state index in [0.29, 0.717) is 0 Å². The van der Waals surface area contributed by atoms with Crippen molar-refractivity contribution in [2.75, 3.05) is 0 Å². The van der Waals surface area contributed by atoms with Gasteiger partial charge in [0, 0.05) is 45.1 Å². The summed E-state index contributed by atoms with van der Waals surface area (Å²) in [4.78, 5) is 28.8. The van der Waals surface area contributed by atoms with Crippen molar-refractivity contribution in [3.63, 3.8) is 0 Å². The van der Waals surface area contributed by atoms with Crippen molar-refractivity contribution in [3.05, 3.63) is 316 Å². The number of benzene rings is 13. The second-order valence-corrected chi connectivity index (χ2v) is 23.7. The minimum absolute atomic E-state index is 0.878.